The lowest BCUT2D eigenvalue weighted by Gasteiger charge is -2.24. The van der Waals surface area contributed by atoms with Crippen LogP contribution in [0.4, 0.5) is 0 Å². The summed E-state index contributed by atoms with van der Waals surface area (Å²) in [5.41, 5.74) is 0. The summed E-state index contributed by atoms with van der Waals surface area (Å²) < 4.78 is 0. The summed E-state index contributed by atoms with van der Waals surface area (Å²) in [5, 5.41) is 3.52. The van der Waals surface area contributed by atoms with E-state index in [1.807, 2.05) is 0 Å². The van der Waals surface area contributed by atoms with Crippen molar-refractivity contribution in [2.45, 2.75) is 52.0 Å². The highest BCUT2D eigenvalue weighted by Gasteiger charge is 2.29. The van der Waals surface area contributed by atoms with Crippen molar-refractivity contribution < 1.29 is 0 Å². The Labute approximate surface area is 95.4 Å². The van der Waals surface area contributed by atoms with E-state index in [1.165, 1.54) is 45.2 Å². The molecule has 0 spiro atoms. The van der Waals surface area contributed by atoms with Crippen LogP contribution >= 0.6 is 0 Å². The molecule has 1 fully saturated rings. The lowest BCUT2D eigenvalue weighted by Crippen LogP contribution is -2.36. The monoisotopic (exact) mass is 212 g/mol. The van der Waals surface area contributed by atoms with Crippen molar-refractivity contribution in [2.24, 2.45) is 5.92 Å². The Bertz CT molecular complexity index is 155. The molecule has 2 nitrogen and oxygen atoms in total. The van der Waals surface area contributed by atoms with Crippen LogP contribution in [0, 0.1) is 5.92 Å². The third kappa shape index (κ3) is 5.53. The number of rotatable bonds is 9. The molecule has 1 atom stereocenters. The predicted molar refractivity (Wildman–Crippen MR) is 67.2 cm³/mol. The molecule has 2 heteroatoms. The highest BCUT2D eigenvalue weighted by atomic mass is 15.1. The van der Waals surface area contributed by atoms with Gasteiger partial charge in [0.15, 0.2) is 0 Å². The zero-order valence-corrected chi connectivity index (χ0v) is 10.8. The van der Waals surface area contributed by atoms with Gasteiger partial charge in [-0.25, -0.2) is 0 Å². The van der Waals surface area contributed by atoms with E-state index in [4.69, 9.17) is 0 Å². The average Bonchev–Trinajstić information content (AvgIpc) is 3.05. The first kappa shape index (κ1) is 13.0. The Balaban J connectivity index is 1.89. The Morgan fingerprint density at radius 1 is 1.27 bits per heavy atom. The smallest absolute Gasteiger partial charge is 0.0107 e. The standard InChI is InChI=1S/C13H28N2/c1-4-5-6-9-14-10-11-15(3)12(2)13-7-8-13/h12-14H,4-11H2,1-3H3. The van der Waals surface area contributed by atoms with Crippen LogP contribution in [0.5, 0.6) is 0 Å². The van der Waals surface area contributed by atoms with Gasteiger partial charge in [-0.15, -0.1) is 0 Å². The molecule has 0 saturated heterocycles. The molecule has 0 aromatic rings. The zero-order chi connectivity index (χ0) is 11.1. The van der Waals surface area contributed by atoms with Crippen LogP contribution in [-0.4, -0.2) is 37.6 Å². The number of unbranched alkanes of at least 4 members (excludes halogenated alkanes) is 2. The molecular formula is C13H28N2. The lowest BCUT2D eigenvalue weighted by molar-refractivity contribution is 0.235. The second-order valence-corrected chi connectivity index (χ2v) is 5.02. The van der Waals surface area contributed by atoms with Gasteiger partial charge in [0.25, 0.3) is 0 Å². The number of likely N-dealkylation sites (N-methyl/N-ethyl adjacent to an activating group) is 1. The summed E-state index contributed by atoms with van der Waals surface area (Å²) in [4.78, 5) is 2.50. The molecular weight excluding hydrogens is 184 g/mol. The van der Waals surface area contributed by atoms with Gasteiger partial charge in [-0.1, -0.05) is 19.8 Å². The number of nitrogens with one attached hydrogen (secondary N) is 1. The number of hydrogen-bond donors (Lipinski definition) is 1. The molecule has 1 rings (SSSR count). The summed E-state index contributed by atoms with van der Waals surface area (Å²) >= 11 is 0. The molecule has 0 radical (unpaired) electrons. The second kappa shape index (κ2) is 7.24. The van der Waals surface area contributed by atoms with Gasteiger partial charge in [0.2, 0.25) is 0 Å². The third-order valence-electron chi connectivity index (χ3n) is 3.60. The molecule has 0 aromatic heterocycles. The molecule has 90 valence electrons. The molecule has 1 aliphatic carbocycles. The highest BCUT2D eigenvalue weighted by molar-refractivity contribution is 4.84. The summed E-state index contributed by atoms with van der Waals surface area (Å²) in [5.74, 6) is 0.995. The fourth-order valence-corrected chi connectivity index (χ4v) is 2.02. The van der Waals surface area contributed by atoms with Crippen LogP contribution in [0.25, 0.3) is 0 Å². The molecule has 1 unspecified atom stereocenters. The van der Waals surface area contributed by atoms with E-state index in [1.54, 1.807) is 0 Å². The number of hydrogen-bond acceptors (Lipinski definition) is 2. The topological polar surface area (TPSA) is 15.3 Å². The maximum atomic E-state index is 3.52. The minimum atomic E-state index is 0.794. The predicted octanol–water partition coefficient (Wildman–Crippen LogP) is 2.50. The van der Waals surface area contributed by atoms with Crippen molar-refractivity contribution in [1.82, 2.24) is 10.2 Å². The first-order valence-corrected chi connectivity index (χ1v) is 6.66. The highest BCUT2D eigenvalue weighted by Crippen LogP contribution is 2.34. The van der Waals surface area contributed by atoms with Gasteiger partial charge < -0.3 is 10.2 Å². The average molecular weight is 212 g/mol. The molecule has 0 amide bonds. The quantitative estimate of drug-likeness (QED) is 0.591. The lowest BCUT2D eigenvalue weighted by atomic mass is 10.2. The van der Waals surface area contributed by atoms with E-state index in [0.29, 0.717) is 0 Å². The van der Waals surface area contributed by atoms with Crippen molar-refractivity contribution in [3.8, 4) is 0 Å². The van der Waals surface area contributed by atoms with E-state index < -0.39 is 0 Å². The van der Waals surface area contributed by atoms with Crippen molar-refractivity contribution in [2.75, 3.05) is 26.7 Å². The summed E-state index contributed by atoms with van der Waals surface area (Å²) in [6, 6.07) is 0.794. The van der Waals surface area contributed by atoms with Crippen molar-refractivity contribution in [3.63, 3.8) is 0 Å². The molecule has 1 aliphatic rings. The first-order valence-electron chi connectivity index (χ1n) is 6.66. The maximum absolute atomic E-state index is 3.52. The first-order chi connectivity index (χ1) is 7.25. The molecule has 1 saturated carbocycles. The Morgan fingerprint density at radius 3 is 2.60 bits per heavy atom. The van der Waals surface area contributed by atoms with E-state index in [9.17, 15) is 0 Å². The van der Waals surface area contributed by atoms with Crippen LogP contribution in [0.3, 0.4) is 0 Å². The molecule has 15 heavy (non-hydrogen) atoms. The summed E-state index contributed by atoms with van der Waals surface area (Å²) in [6.45, 7) is 8.17. The third-order valence-corrected chi connectivity index (χ3v) is 3.60. The van der Waals surface area contributed by atoms with E-state index in [-0.39, 0.29) is 0 Å². The Kier molecular flexibility index (Phi) is 6.26. The molecule has 0 bridgehead atoms. The second-order valence-electron chi connectivity index (χ2n) is 5.02. The van der Waals surface area contributed by atoms with Gasteiger partial charge in [0.1, 0.15) is 0 Å². The van der Waals surface area contributed by atoms with Gasteiger partial charge in [-0.2, -0.15) is 0 Å². The van der Waals surface area contributed by atoms with E-state index in [2.05, 4.69) is 31.1 Å². The fourth-order valence-electron chi connectivity index (χ4n) is 2.02. The summed E-state index contributed by atoms with van der Waals surface area (Å²) in [6.07, 6.45) is 6.92. The van der Waals surface area contributed by atoms with Crippen molar-refractivity contribution in [1.29, 1.82) is 0 Å². The molecule has 0 aliphatic heterocycles. The largest absolute Gasteiger partial charge is 0.315 e. The molecule has 1 N–H and O–H groups in total. The van der Waals surface area contributed by atoms with Crippen LogP contribution in [0.15, 0.2) is 0 Å². The minimum absolute atomic E-state index is 0.794. The van der Waals surface area contributed by atoms with Gasteiger partial charge >= 0.3 is 0 Å². The maximum Gasteiger partial charge on any atom is 0.0107 e. The zero-order valence-electron chi connectivity index (χ0n) is 10.8. The van der Waals surface area contributed by atoms with E-state index >= 15 is 0 Å². The van der Waals surface area contributed by atoms with Gasteiger partial charge in [0.05, 0.1) is 0 Å². The van der Waals surface area contributed by atoms with Crippen LogP contribution in [0.1, 0.15) is 46.0 Å². The van der Waals surface area contributed by atoms with Gasteiger partial charge in [-0.3, -0.25) is 0 Å². The van der Waals surface area contributed by atoms with E-state index in [0.717, 1.165) is 18.5 Å². The number of nitrogens with zero attached hydrogens (tertiary/aromatic N) is 1. The fraction of sp³-hybridized carbons (Fsp3) is 1.00. The Morgan fingerprint density at radius 2 is 2.00 bits per heavy atom. The Hall–Kier alpha value is -0.0800. The van der Waals surface area contributed by atoms with Gasteiger partial charge in [0, 0.05) is 19.1 Å². The van der Waals surface area contributed by atoms with Crippen molar-refractivity contribution >= 4 is 0 Å². The van der Waals surface area contributed by atoms with Crippen molar-refractivity contribution in [3.05, 3.63) is 0 Å². The van der Waals surface area contributed by atoms with Gasteiger partial charge in [-0.05, 0) is 45.7 Å². The summed E-state index contributed by atoms with van der Waals surface area (Å²) in [7, 11) is 2.26. The van der Waals surface area contributed by atoms with Crippen LogP contribution < -0.4 is 5.32 Å². The van der Waals surface area contributed by atoms with Crippen LogP contribution in [0.2, 0.25) is 0 Å². The van der Waals surface area contributed by atoms with Crippen LogP contribution in [-0.2, 0) is 0 Å². The molecule has 0 aromatic carbocycles. The molecule has 0 heterocycles. The SMILES string of the molecule is CCCCCNCCN(C)C(C)C1CC1. The normalized spacial score (nSPS) is 18.4. The minimum Gasteiger partial charge on any atom is -0.315 e.